The van der Waals surface area contributed by atoms with Gasteiger partial charge in [0.2, 0.25) is 5.91 Å². The van der Waals surface area contributed by atoms with Crippen LogP contribution in [0.25, 0.3) is 0 Å². The molecule has 0 aliphatic rings. The van der Waals surface area contributed by atoms with E-state index in [4.69, 9.17) is 4.74 Å². The van der Waals surface area contributed by atoms with E-state index in [0.29, 0.717) is 12.3 Å². The summed E-state index contributed by atoms with van der Waals surface area (Å²) in [4.78, 5) is 25.2. The average Bonchev–Trinajstić information content (AvgIpc) is 2.41. The van der Waals surface area contributed by atoms with Gasteiger partial charge in [0.05, 0.1) is 6.54 Å². The number of likely N-dealkylation sites (N-methyl/N-ethyl adjacent to an activating group) is 1. The average molecular weight is 357 g/mol. The molecule has 1 aromatic carbocycles. The van der Waals surface area contributed by atoms with Gasteiger partial charge in [-0.15, -0.1) is 0 Å². The molecule has 0 fully saturated rings. The van der Waals surface area contributed by atoms with Gasteiger partial charge in [-0.2, -0.15) is 0 Å². The number of nitrogens with zero attached hydrogens (tertiary/aromatic N) is 1. The van der Waals surface area contributed by atoms with Crippen LogP contribution in [0.1, 0.15) is 20.8 Å². The molecule has 0 saturated heterocycles. The van der Waals surface area contributed by atoms with Crippen LogP contribution >= 0.6 is 15.9 Å². The van der Waals surface area contributed by atoms with Crippen molar-refractivity contribution in [2.75, 3.05) is 19.7 Å². The smallest absolute Gasteiger partial charge is 0.260 e. The van der Waals surface area contributed by atoms with Crippen molar-refractivity contribution in [2.45, 2.75) is 26.8 Å². The van der Waals surface area contributed by atoms with Crippen LogP contribution in [0.5, 0.6) is 5.75 Å². The zero-order valence-corrected chi connectivity index (χ0v) is 14.1. The zero-order chi connectivity index (χ0) is 15.8. The second-order valence-electron chi connectivity index (χ2n) is 4.88. The van der Waals surface area contributed by atoms with Crippen LogP contribution in [0.2, 0.25) is 0 Å². The molecule has 0 unspecified atom stereocenters. The lowest BCUT2D eigenvalue weighted by Gasteiger charge is -2.21. The fraction of sp³-hybridized carbons (Fsp3) is 0.467. The Kier molecular flexibility index (Phi) is 7.22. The summed E-state index contributed by atoms with van der Waals surface area (Å²) in [6, 6.07) is 7.33. The van der Waals surface area contributed by atoms with Crippen molar-refractivity contribution in [1.82, 2.24) is 10.2 Å². The van der Waals surface area contributed by atoms with Gasteiger partial charge < -0.3 is 15.0 Å². The van der Waals surface area contributed by atoms with Crippen molar-refractivity contribution >= 4 is 27.7 Å². The van der Waals surface area contributed by atoms with E-state index < -0.39 is 0 Å². The van der Waals surface area contributed by atoms with Crippen LogP contribution in [0.15, 0.2) is 28.7 Å². The van der Waals surface area contributed by atoms with Crippen LogP contribution in [0, 0.1) is 0 Å². The Morgan fingerprint density at radius 3 is 2.67 bits per heavy atom. The highest BCUT2D eigenvalue weighted by Gasteiger charge is 2.16. The van der Waals surface area contributed by atoms with Gasteiger partial charge in [0.1, 0.15) is 5.75 Å². The van der Waals surface area contributed by atoms with Crippen molar-refractivity contribution in [3.63, 3.8) is 0 Å². The van der Waals surface area contributed by atoms with Crippen molar-refractivity contribution in [2.24, 2.45) is 0 Å². The second-order valence-corrected chi connectivity index (χ2v) is 5.79. The summed E-state index contributed by atoms with van der Waals surface area (Å²) in [6.07, 6.45) is 0. The topological polar surface area (TPSA) is 58.6 Å². The van der Waals surface area contributed by atoms with Crippen molar-refractivity contribution in [3.8, 4) is 5.75 Å². The van der Waals surface area contributed by atoms with E-state index >= 15 is 0 Å². The predicted octanol–water partition coefficient (Wildman–Crippen LogP) is 2.20. The minimum atomic E-state index is -0.212. The van der Waals surface area contributed by atoms with E-state index in [1.165, 1.54) is 4.90 Å². The maximum absolute atomic E-state index is 12.1. The number of amides is 2. The summed E-state index contributed by atoms with van der Waals surface area (Å²) in [5.41, 5.74) is 0. The third-order valence-electron chi connectivity index (χ3n) is 2.68. The third kappa shape index (κ3) is 6.62. The number of nitrogens with one attached hydrogen (secondary N) is 1. The fourth-order valence-corrected chi connectivity index (χ4v) is 2.09. The van der Waals surface area contributed by atoms with Crippen molar-refractivity contribution in [3.05, 3.63) is 28.7 Å². The monoisotopic (exact) mass is 356 g/mol. The number of ether oxygens (including phenoxy) is 1. The molecule has 0 aliphatic carbocycles. The maximum atomic E-state index is 12.1. The second kappa shape index (κ2) is 8.67. The Hall–Kier alpha value is -1.56. The van der Waals surface area contributed by atoms with E-state index in [0.717, 1.165) is 4.47 Å². The number of halogens is 1. The molecule has 6 heteroatoms. The molecule has 0 aromatic heterocycles. The molecule has 1 rings (SSSR count). The van der Waals surface area contributed by atoms with Gasteiger partial charge in [-0.25, -0.2) is 0 Å². The molecule has 116 valence electrons. The normalized spacial score (nSPS) is 10.3. The predicted molar refractivity (Wildman–Crippen MR) is 85.2 cm³/mol. The first-order valence-corrected chi connectivity index (χ1v) is 7.67. The first-order chi connectivity index (χ1) is 9.92. The molecule has 0 radical (unpaired) electrons. The van der Waals surface area contributed by atoms with E-state index in [1.807, 2.05) is 32.9 Å². The molecular formula is C15H21BrN2O3. The molecule has 0 heterocycles. The lowest BCUT2D eigenvalue weighted by molar-refractivity contribution is -0.137. The summed E-state index contributed by atoms with van der Waals surface area (Å²) in [6.45, 7) is 6.03. The first kappa shape index (κ1) is 17.5. The third-order valence-corrected chi connectivity index (χ3v) is 3.17. The Bertz CT molecular complexity index is 492. The standard InChI is InChI=1S/C15H21BrN2O3/c1-4-18(9-14(19)17-11(2)3)15(20)10-21-13-7-5-6-12(16)8-13/h5-8,11H,4,9-10H2,1-3H3,(H,17,19). The number of rotatable bonds is 7. The molecule has 1 N–H and O–H groups in total. The summed E-state index contributed by atoms with van der Waals surface area (Å²) < 4.78 is 6.33. The molecule has 5 nitrogen and oxygen atoms in total. The summed E-state index contributed by atoms with van der Waals surface area (Å²) in [5.74, 6) is 0.236. The van der Waals surface area contributed by atoms with Crippen LogP contribution < -0.4 is 10.1 Å². The SMILES string of the molecule is CCN(CC(=O)NC(C)C)C(=O)COc1cccc(Br)c1. The van der Waals surface area contributed by atoms with Gasteiger partial charge in [0.15, 0.2) is 6.61 Å². The summed E-state index contributed by atoms with van der Waals surface area (Å²) in [5, 5.41) is 2.76. The Balaban J connectivity index is 2.49. The van der Waals surface area contributed by atoms with Gasteiger partial charge >= 0.3 is 0 Å². The molecule has 1 aromatic rings. The Morgan fingerprint density at radius 2 is 2.10 bits per heavy atom. The van der Waals surface area contributed by atoms with Gasteiger partial charge in [0, 0.05) is 17.1 Å². The summed E-state index contributed by atoms with van der Waals surface area (Å²) in [7, 11) is 0. The number of carbonyl (C=O) groups excluding carboxylic acids is 2. The van der Waals surface area contributed by atoms with Gasteiger partial charge in [-0.05, 0) is 39.0 Å². The number of hydrogen-bond donors (Lipinski definition) is 1. The van der Waals surface area contributed by atoms with E-state index in [1.54, 1.807) is 12.1 Å². The van der Waals surface area contributed by atoms with Crippen molar-refractivity contribution < 1.29 is 14.3 Å². The fourth-order valence-electron chi connectivity index (χ4n) is 1.71. The highest BCUT2D eigenvalue weighted by atomic mass is 79.9. The minimum Gasteiger partial charge on any atom is -0.484 e. The quantitative estimate of drug-likeness (QED) is 0.814. The van der Waals surface area contributed by atoms with Gasteiger partial charge in [-0.1, -0.05) is 22.0 Å². The van der Waals surface area contributed by atoms with Crippen LogP contribution in [0.3, 0.4) is 0 Å². The van der Waals surface area contributed by atoms with E-state index in [9.17, 15) is 9.59 Å². The number of hydrogen-bond acceptors (Lipinski definition) is 3. The molecular weight excluding hydrogens is 336 g/mol. The molecule has 21 heavy (non-hydrogen) atoms. The van der Waals surface area contributed by atoms with E-state index in [-0.39, 0.29) is 31.0 Å². The van der Waals surface area contributed by atoms with Crippen LogP contribution in [-0.2, 0) is 9.59 Å². The summed E-state index contributed by atoms with van der Waals surface area (Å²) >= 11 is 3.34. The Morgan fingerprint density at radius 1 is 1.38 bits per heavy atom. The lowest BCUT2D eigenvalue weighted by Crippen LogP contribution is -2.44. The lowest BCUT2D eigenvalue weighted by atomic mass is 10.3. The maximum Gasteiger partial charge on any atom is 0.260 e. The molecule has 0 saturated carbocycles. The van der Waals surface area contributed by atoms with Crippen molar-refractivity contribution in [1.29, 1.82) is 0 Å². The van der Waals surface area contributed by atoms with Crippen LogP contribution in [-0.4, -0.2) is 42.5 Å². The zero-order valence-electron chi connectivity index (χ0n) is 12.6. The number of carbonyl (C=O) groups is 2. The molecule has 0 bridgehead atoms. The molecule has 0 aliphatic heterocycles. The molecule has 0 spiro atoms. The number of benzene rings is 1. The first-order valence-electron chi connectivity index (χ1n) is 6.88. The van der Waals surface area contributed by atoms with Gasteiger partial charge in [-0.3, -0.25) is 9.59 Å². The molecule has 0 atom stereocenters. The highest BCUT2D eigenvalue weighted by Crippen LogP contribution is 2.17. The Labute approximate surface area is 133 Å². The minimum absolute atomic E-state index is 0.0509. The largest absolute Gasteiger partial charge is 0.484 e. The highest BCUT2D eigenvalue weighted by molar-refractivity contribution is 9.10. The molecule has 2 amide bonds. The van der Waals surface area contributed by atoms with Gasteiger partial charge in [0.25, 0.3) is 5.91 Å². The van der Waals surface area contributed by atoms with Crippen LogP contribution in [0.4, 0.5) is 0 Å². The van der Waals surface area contributed by atoms with E-state index in [2.05, 4.69) is 21.2 Å².